The number of H-pyrrole nitrogens is 1. The Hall–Kier alpha value is -6.88. The molecular weight excluding hydrogens is 823 g/mol. The second-order valence-electron chi connectivity index (χ2n) is 18.4. The molecule has 2 aliphatic carbocycles. The zero-order valence-electron chi connectivity index (χ0n) is 36.0. The van der Waals surface area contributed by atoms with E-state index >= 15 is 9.18 Å². The topological polar surface area (TPSA) is 176 Å². The van der Waals surface area contributed by atoms with Crippen molar-refractivity contribution in [2.45, 2.75) is 70.9 Å². The number of aliphatic imine (C=N–C) groups is 1. The van der Waals surface area contributed by atoms with Gasteiger partial charge in [-0.25, -0.2) is 23.4 Å². The van der Waals surface area contributed by atoms with Crippen LogP contribution in [0.5, 0.6) is 0 Å². The van der Waals surface area contributed by atoms with E-state index in [2.05, 4.69) is 33.4 Å². The van der Waals surface area contributed by atoms with Crippen LogP contribution < -0.4 is 17.2 Å². The number of nitrogens with zero attached hydrogens (tertiary/aromatic N) is 8. The fourth-order valence-corrected chi connectivity index (χ4v) is 10.7. The van der Waals surface area contributed by atoms with Crippen LogP contribution in [0.3, 0.4) is 0 Å². The van der Waals surface area contributed by atoms with E-state index in [4.69, 9.17) is 20.0 Å². The van der Waals surface area contributed by atoms with Crippen molar-refractivity contribution in [3.8, 4) is 5.69 Å². The van der Waals surface area contributed by atoms with Crippen LogP contribution in [0.25, 0.3) is 27.5 Å². The van der Waals surface area contributed by atoms with E-state index in [9.17, 15) is 14.0 Å². The maximum atomic E-state index is 16.1. The molecule has 2 saturated carbocycles. The van der Waals surface area contributed by atoms with Crippen molar-refractivity contribution >= 4 is 39.2 Å². The van der Waals surface area contributed by atoms with Crippen molar-refractivity contribution in [2.24, 2.45) is 29.1 Å². The zero-order valence-corrected chi connectivity index (χ0v) is 36.0. The molecule has 0 bridgehead atoms. The summed E-state index contributed by atoms with van der Waals surface area (Å²) in [4.78, 5) is 51.9. The minimum atomic E-state index is -0.865. The number of nitrogens with one attached hydrogen (secondary N) is 1. The van der Waals surface area contributed by atoms with Crippen molar-refractivity contribution in [3.63, 3.8) is 0 Å². The third kappa shape index (κ3) is 5.85. The molecule has 0 unspecified atom stereocenters. The van der Waals surface area contributed by atoms with Crippen molar-refractivity contribution in [1.29, 1.82) is 0 Å². The van der Waals surface area contributed by atoms with E-state index in [0.29, 0.717) is 57.5 Å². The molecule has 330 valence electrons. The summed E-state index contributed by atoms with van der Waals surface area (Å²) in [5.74, 6) is -1.18. The average Bonchev–Trinajstić information content (AvgIpc) is 3.72. The molecule has 1 amide bonds. The second-order valence-corrected chi connectivity index (χ2v) is 18.4. The van der Waals surface area contributed by atoms with E-state index in [0.717, 1.165) is 37.0 Å². The molecule has 3 aromatic carbocycles. The van der Waals surface area contributed by atoms with Gasteiger partial charge in [0.15, 0.2) is 11.6 Å². The van der Waals surface area contributed by atoms with E-state index < -0.39 is 28.8 Å². The summed E-state index contributed by atoms with van der Waals surface area (Å²) in [7, 11) is 1.71. The lowest BCUT2D eigenvalue weighted by Gasteiger charge is -2.53. The summed E-state index contributed by atoms with van der Waals surface area (Å²) in [6.07, 6.45) is 7.29. The molecular formula is C47H48F2N10O5. The number of rotatable bonds is 7. The van der Waals surface area contributed by atoms with E-state index in [1.54, 1.807) is 48.7 Å². The number of aromatic amines is 1. The van der Waals surface area contributed by atoms with Crippen molar-refractivity contribution in [3.05, 3.63) is 139 Å². The Bertz CT molecular complexity index is 3280. The monoisotopic (exact) mass is 870 g/mol. The highest BCUT2D eigenvalue weighted by atomic mass is 19.1. The Morgan fingerprint density at radius 2 is 1.72 bits per heavy atom. The molecule has 7 aromatic rings. The lowest BCUT2D eigenvalue weighted by molar-refractivity contribution is -0.164. The number of carbonyl (C=O) groups is 1. The Kier molecular flexibility index (Phi) is 8.77. The third-order valence-electron chi connectivity index (χ3n) is 14.3. The van der Waals surface area contributed by atoms with Gasteiger partial charge in [0.25, 0.3) is 5.91 Å². The quantitative estimate of drug-likeness (QED) is 0.131. The molecule has 15 nitrogen and oxygen atoms in total. The summed E-state index contributed by atoms with van der Waals surface area (Å²) >= 11 is 0. The summed E-state index contributed by atoms with van der Waals surface area (Å²) in [6, 6.07) is 13.9. The predicted molar refractivity (Wildman–Crippen MR) is 236 cm³/mol. The number of aryl methyl sites for hydroxylation is 3. The van der Waals surface area contributed by atoms with Crippen molar-refractivity contribution < 1.29 is 24.3 Å². The van der Waals surface area contributed by atoms with Gasteiger partial charge >= 0.3 is 11.4 Å². The van der Waals surface area contributed by atoms with Crippen LogP contribution in [0.2, 0.25) is 0 Å². The second kappa shape index (κ2) is 14.1. The standard InChI is InChI=1S/C47H46F2N10O5.H2/c1-24-14-31(15-25(2)39(24)48)52-41(58-13-12-57(45(58)62)36-9-8-35-32(40(36)49)21-51-55(35)5)38-27(4)56(11-10-33(38)50)42(60)37-17-29-16-28(30-19-46(20-30)22-63-23-46)6-7-34(29)59(37)47(18-26(47)3)43-53-44(61)64-54-43;/h6-9,12-17,21,26-27,30H,10-11,18-20,22-23,50H2,1-5H3,(H,53,54,61);1H/t26-,27-,47-;/m0./s1. The third-order valence-corrected chi connectivity index (χ3v) is 14.3. The molecule has 1 saturated heterocycles. The maximum absolute atomic E-state index is 16.1. The van der Waals surface area contributed by atoms with Crippen LogP contribution in [0.4, 0.5) is 14.5 Å². The fourth-order valence-electron chi connectivity index (χ4n) is 10.7. The minimum Gasteiger partial charge on any atom is -0.402 e. The predicted octanol–water partition coefficient (Wildman–Crippen LogP) is 6.70. The van der Waals surface area contributed by atoms with Crippen LogP contribution >= 0.6 is 0 Å². The van der Waals surface area contributed by atoms with Crippen LogP contribution in [0.15, 0.2) is 97.5 Å². The van der Waals surface area contributed by atoms with Gasteiger partial charge in [-0.3, -0.25) is 28.1 Å². The van der Waals surface area contributed by atoms with Gasteiger partial charge in [-0.2, -0.15) is 5.10 Å². The number of amides is 1. The number of aromatic nitrogens is 7. The van der Waals surface area contributed by atoms with E-state index in [-0.39, 0.29) is 54.4 Å². The number of imidazole rings is 1. The number of halogens is 2. The number of hydrogen-bond acceptors (Lipinski definition) is 9. The van der Waals surface area contributed by atoms with Gasteiger partial charge < -0.3 is 19.9 Å². The molecule has 3 N–H and O–H groups in total. The SMILES string of the molecule is Cc1cc(N=C(C2=C(N)CCN(C(=O)c3cc4cc(C5CC6(COC6)C5)ccc4n3[C@@]3(c4noc(=O)[nH]4)C[C@@H]3C)[C@H]2C)n2ccn(-c3ccc4c(cnn4C)c3F)c2=O)cc(C)c1F.[HH]. The number of benzene rings is 3. The highest BCUT2D eigenvalue weighted by Gasteiger charge is 2.59. The first-order chi connectivity index (χ1) is 30.7. The number of nitrogens with two attached hydrogens (primary N) is 1. The molecule has 11 rings (SSSR count). The Balaban J connectivity index is 0.00000498. The van der Waals surface area contributed by atoms with Crippen LogP contribution in [0.1, 0.15) is 79.9 Å². The van der Waals surface area contributed by atoms with Gasteiger partial charge in [0, 0.05) is 61.4 Å². The highest BCUT2D eigenvalue weighted by molar-refractivity contribution is 6.05. The lowest BCUT2D eigenvalue weighted by atomic mass is 9.59. The van der Waals surface area contributed by atoms with Gasteiger partial charge in [-0.05, 0) is 111 Å². The summed E-state index contributed by atoms with van der Waals surface area (Å²) < 4.78 is 47.6. The lowest BCUT2D eigenvalue weighted by Crippen LogP contribution is -2.51. The number of carbonyl (C=O) groups excluding carboxylic acids is 1. The summed E-state index contributed by atoms with van der Waals surface area (Å²) in [5.41, 5.74) is 10.5. The van der Waals surface area contributed by atoms with Gasteiger partial charge in [-0.1, -0.05) is 18.1 Å². The van der Waals surface area contributed by atoms with E-state index in [1.807, 2.05) is 24.5 Å². The molecule has 3 fully saturated rings. The highest BCUT2D eigenvalue weighted by Crippen LogP contribution is 2.57. The molecule has 4 aromatic heterocycles. The summed E-state index contributed by atoms with van der Waals surface area (Å²) in [5, 5.41) is 9.46. The molecule has 4 aliphatic rings. The van der Waals surface area contributed by atoms with Gasteiger partial charge in [0.05, 0.1) is 47.7 Å². The van der Waals surface area contributed by atoms with Gasteiger partial charge in [-0.15, -0.1) is 0 Å². The van der Waals surface area contributed by atoms with E-state index in [1.165, 1.54) is 39.4 Å². The fraction of sp³-hybridized carbons (Fsp3) is 0.362. The van der Waals surface area contributed by atoms with Crippen LogP contribution in [-0.4, -0.2) is 76.1 Å². The first-order valence-electron chi connectivity index (χ1n) is 21.5. The molecule has 2 aliphatic heterocycles. The maximum Gasteiger partial charge on any atom is 0.438 e. The zero-order chi connectivity index (χ0) is 44.6. The Morgan fingerprint density at radius 1 is 0.984 bits per heavy atom. The first kappa shape index (κ1) is 39.9. The Labute approximate surface area is 365 Å². The number of ether oxygens (including phenoxy) is 1. The largest absolute Gasteiger partial charge is 0.438 e. The van der Waals surface area contributed by atoms with Gasteiger partial charge in [0.1, 0.15) is 22.9 Å². The average molecular weight is 871 g/mol. The smallest absolute Gasteiger partial charge is 0.402 e. The Morgan fingerprint density at radius 3 is 2.39 bits per heavy atom. The minimum absolute atomic E-state index is 0. The normalized spacial score (nSPS) is 22.2. The molecule has 3 atom stereocenters. The van der Waals surface area contributed by atoms with Crippen LogP contribution in [0, 0.1) is 36.8 Å². The number of hydrogen-bond donors (Lipinski definition) is 2. The molecule has 0 radical (unpaired) electrons. The first-order valence-corrected chi connectivity index (χ1v) is 21.5. The molecule has 6 heterocycles. The molecule has 17 heteroatoms. The van der Waals surface area contributed by atoms with Crippen LogP contribution in [-0.2, 0) is 17.3 Å². The summed E-state index contributed by atoms with van der Waals surface area (Å²) in [6.45, 7) is 8.98. The van der Waals surface area contributed by atoms with Gasteiger partial charge in [0.2, 0.25) is 0 Å². The van der Waals surface area contributed by atoms with Crippen molar-refractivity contribution in [1.82, 2.24) is 38.5 Å². The number of fused-ring (bicyclic) bond motifs is 2. The van der Waals surface area contributed by atoms with Crippen molar-refractivity contribution in [2.75, 3.05) is 19.8 Å². The molecule has 1 spiro atoms. The molecule has 64 heavy (non-hydrogen) atoms.